The van der Waals surface area contributed by atoms with Gasteiger partial charge in [0.2, 0.25) is 0 Å². The van der Waals surface area contributed by atoms with Gasteiger partial charge in [-0.25, -0.2) is 0 Å². The Hall–Kier alpha value is -4.31. The summed E-state index contributed by atoms with van der Waals surface area (Å²) in [6.07, 6.45) is 3.25. The Bertz CT molecular complexity index is 1520. The van der Waals surface area contributed by atoms with E-state index in [1.165, 1.54) is 20.3 Å². The van der Waals surface area contributed by atoms with Crippen molar-refractivity contribution in [2.45, 2.75) is 23.8 Å². The number of benzene rings is 2. The van der Waals surface area contributed by atoms with Crippen LogP contribution in [0.15, 0.2) is 48.8 Å². The van der Waals surface area contributed by atoms with Gasteiger partial charge in [0.25, 0.3) is 11.6 Å². The number of nitrogens with zero attached hydrogens (tertiary/aromatic N) is 3. The van der Waals surface area contributed by atoms with E-state index in [2.05, 4.69) is 10.3 Å². The van der Waals surface area contributed by atoms with Gasteiger partial charge in [-0.3, -0.25) is 29.6 Å². The van der Waals surface area contributed by atoms with E-state index in [-0.39, 0.29) is 17.4 Å². The van der Waals surface area contributed by atoms with Gasteiger partial charge in [-0.15, -0.1) is 0 Å². The molecule has 0 bridgehead atoms. The number of Topliss-reactive ketones (excluding diaryl/α,β-unsaturated/α-hetero) is 1. The van der Waals surface area contributed by atoms with Crippen molar-refractivity contribution in [3.05, 3.63) is 86.7 Å². The standard InChI is InChI=1S/C27H24N4O6/c1-14-11-20(36-3)21(37-4)12-16(14)24(32)26-17(15-7-9-28-10-8-15)13-30(2)27(26)22-18(29-25(27)33)5-6-19(23(22)26)31(34)35/h5-12,17H,13H2,1-4H3,(H,29,33)/t17-,26-,27+/m0/s1. The van der Waals surface area contributed by atoms with Crippen molar-refractivity contribution in [3.8, 4) is 11.5 Å². The zero-order valence-corrected chi connectivity index (χ0v) is 20.7. The van der Waals surface area contributed by atoms with E-state index >= 15 is 0 Å². The minimum absolute atomic E-state index is 0.174. The van der Waals surface area contributed by atoms with E-state index in [1.54, 1.807) is 56.7 Å². The largest absolute Gasteiger partial charge is 0.493 e. The van der Waals surface area contributed by atoms with Gasteiger partial charge in [0.05, 0.1) is 24.7 Å². The SMILES string of the molecule is COc1cc(C)c(C(=O)[C@]23c4c([N+](=O)[O-])ccc5c4[C@]2(C(=O)N5)N(C)C[C@H]3c2ccncc2)cc1OC. The minimum atomic E-state index is -1.55. The molecule has 188 valence electrons. The normalized spacial score (nSPS) is 25.1. The first-order valence-corrected chi connectivity index (χ1v) is 11.8. The van der Waals surface area contributed by atoms with Crippen LogP contribution in [0.2, 0.25) is 0 Å². The van der Waals surface area contributed by atoms with E-state index in [1.807, 2.05) is 4.90 Å². The molecule has 1 fully saturated rings. The van der Waals surface area contributed by atoms with Crippen LogP contribution in [0, 0.1) is 17.0 Å². The number of pyridine rings is 1. The number of aromatic nitrogens is 1. The second-order valence-electron chi connectivity index (χ2n) is 9.68. The highest BCUT2D eigenvalue weighted by Gasteiger charge is 2.83. The molecule has 10 heteroatoms. The molecule has 1 spiro atoms. The summed E-state index contributed by atoms with van der Waals surface area (Å²) < 4.78 is 10.9. The van der Waals surface area contributed by atoms with Crippen molar-refractivity contribution in [3.63, 3.8) is 0 Å². The van der Waals surface area contributed by atoms with Crippen molar-refractivity contribution in [2.24, 2.45) is 0 Å². The second-order valence-corrected chi connectivity index (χ2v) is 9.68. The first-order valence-electron chi connectivity index (χ1n) is 11.8. The van der Waals surface area contributed by atoms with Crippen molar-refractivity contribution in [1.82, 2.24) is 9.88 Å². The maximum atomic E-state index is 15.0. The fraction of sp³-hybridized carbons (Fsp3) is 0.296. The average molecular weight is 501 g/mol. The van der Waals surface area contributed by atoms with Gasteiger partial charge in [-0.2, -0.15) is 0 Å². The summed E-state index contributed by atoms with van der Waals surface area (Å²) in [6.45, 7) is 2.11. The van der Waals surface area contributed by atoms with Crippen molar-refractivity contribution in [1.29, 1.82) is 0 Å². The molecule has 3 atom stereocenters. The topological polar surface area (TPSA) is 124 Å². The molecule has 1 N–H and O–H groups in total. The van der Waals surface area contributed by atoms with Gasteiger partial charge in [0.1, 0.15) is 11.0 Å². The molecular formula is C27H24N4O6. The minimum Gasteiger partial charge on any atom is -0.493 e. The number of hydrogen-bond acceptors (Lipinski definition) is 8. The number of ether oxygens (including phenoxy) is 2. The molecule has 2 aliphatic heterocycles. The van der Waals surface area contributed by atoms with Crippen molar-refractivity contribution in [2.75, 3.05) is 33.1 Å². The lowest BCUT2D eigenvalue weighted by atomic mass is 9.45. The number of likely N-dealkylation sites (tertiary alicyclic amines) is 1. The molecule has 1 saturated heterocycles. The van der Waals surface area contributed by atoms with Crippen LogP contribution in [0.25, 0.3) is 0 Å². The van der Waals surface area contributed by atoms with Crippen molar-refractivity contribution >= 4 is 23.1 Å². The molecule has 3 aromatic rings. The zero-order valence-electron chi connectivity index (χ0n) is 20.7. The number of nitro groups is 1. The first-order chi connectivity index (χ1) is 17.7. The maximum absolute atomic E-state index is 15.0. The quantitative estimate of drug-likeness (QED) is 0.311. The van der Waals surface area contributed by atoms with Crippen LogP contribution < -0.4 is 14.8 Å². The number of nitro benzene ring substituents is 1. The van der Waals surface area contributed by atoms with Crippen LogP contribution in [-0.4, -0.2) is 54.3 Å². The molecule has 1 aliphatic carbocycles. The Morgan fingerprint density at radius 1 is 1.14 bits per heavy atom. The number of carbonyl (C=O) groups is 2. The molecule has 0 unspecified atom stereocenters. The van der Waals surface area contributed by atoms with Gasteiger partial charge in [0, 0.05) is 47.7 Å². The second kappa shape index (κ2) is 7.59. The molecule has 1 amide bonds. The Morgan fingerprint density at radius 2 is 1.81 bits per heavy atom. The van der Waals surface area contributed by atoms with Crippen LogP contribution in [-0.2, 0) is 15.7 Å². The number of aryl methyl sites for hydroxylation is 1. The molecule has 10 nitrogen and oxygen atoms in total. The van der Waals surface area contributed by atoms with E-state index in [4.69, 9.17) is 9.47 Å². The van der Waals surface area contributed by atoms with E-state index in [0.717, 1.165) is 5.56 Å². The lowest BCUT2D eigenvalue weighted by Gasteiger charge is -2.54. The Kier molecular flexibility index (Phi) is 4.74. The van der Waals surface area contributed by atoms with Crippen LogP contribution in [0.4, 0.5) is 11.4 Å². The number of ketones is 1. The van der Waals surface area contributed by atoms with Gasteiger partial charge < -0.3 is 14.8 Å². The van der Waals surface area contributed by atoms with Crippen LogP contribution in [0.3, 0.4) is 0 Å². The molecule has 0 radical (unpaired) electrons. The third-order valence-corrected chi connectivity index (χ3v) is 8.28. The smallest absolute Gasteiger partial charge is 0.274 e. The summed E-state index contributed by atoms with van der Waals surface area (Å²) in [5.74, 6) is -0.472. The molecular weight excluding hydrogens is 476 g/mol. The van der Waals surface area contributed by atoms with Crippen LogP contribution >= 0.6 is 0 Å². The average Bonchev–Trinajstić information content (AvgIpc) is 3.30. The zero-order chi connectivity index (χ0) is 26.3. The van der Waals surface area contributed by atoms with E-state index in [9.17, 15) is 19.7 Å². The number of carbonyl (C=O) groups excluding carboxylic acids is 2. The number of methoxy groups -OCH3 is 2. The summed E-state index contributed by atoms with van der Waals surface area (Å²) in [4.78, 5) is 46.7. The summed E-state index contributed by atoms with van der Waals surface area (Å²) in [5, 5.41) is 15.2. The Morgan fingerprint density at radius 3 is 2.46 bits per heavy atom. The maximum Gasteiger partial charge on any atom is 0.274 e. The van der Waals surface area contributed by atoms with Gasteiger partial charge in [-0.1, -0.05) is 0 Å². The number of anilines is 1. The third kappa shape index (κ3) is 2.50. The Labute approximate surface area is 212 Å². The van der Waals surface area contributed by atoms with E-state index in [0.29, 0.717) is 46.0 Å². The van der Waals surface area contributed by atoms with Gasteiger partial charge >= 0.3 is 0 Å². The molecule has 3 heterocycles. The number of nitrogens with one attached hydrogen (secondary N) is 1. The molecule has 1 aromatic heterocycles. The van der Waals surface area contributed by atoms with Crippen LogP contribution in [0.5, 0.6) is 11.5 Å². The highest BCUT2D eigenvalue weighted by molar-refractivity contribution is 6.22. The predicted molar refractivity (Wildman–Crippen MR) is 133 cm³/mol. The lowest BCUT2D eigenvalue weighted by Crippen LogP contribution is -2.68. The fourth-order valence-corrected chi connectivity index (χ4v) is 6.91. The van der Waals surface area contributed by atoms with Gasteiger partial charge in [-0.05, 0) is 55.4 Å². The fourth-order valence-electron chi connectivity index (χ4n) is 6.91. The lowest BCUT2D eigenvalue weighted by molar-refractivity contribution is -0.386. The molecule has 0 saturated carbocycles. The predicted octanol–water partition coefficient (Wildman–Crippen LogP) is 3.33. The highest BCUT2D eigenvalue weighted by Crippen LogP contribution is 2.74. The Balaban J connectivity index is 1.73. The number of likely N-dealkylation sites (N-methyl/N-ethyl adjacent to an activating group) is 1. The molecule has 3 aliphatic rings. The summed E-state index contributed by atoms with van der Waals surface area (Å²) in [7, 11) is 4.78. The summed E-state index contributed by atoms with van der Waals surface area (Å²) in [5.41, 5.74) is -0.119. The number of hydrogen-bond donors (Lipinski definition) is 1. The van der Waals surface area contributed by atoms with Gasteiger partial charge in [0.15, 0.2) is 17.3 Å². The number of rotatable bonds is 6. The third-order valence-electron chi connectivity index (χ3n) is 8.28. The first kappa shape index (κ1) is 23.1. The summed E-state index contributed by atoms with van der Waals surface area (Å²) >= 11 is 0. The monoisotopic (exact) mass is 500 g/mol. The summed E-state index contributed by atoms with van der Waals surface area (Å²) in [6, 6.07) is 9.83. The van der Waals surface area contributed by atoms with Crippen molar-refractivity contribution < 1.29 is 24.0 Å². The molecule has 37 heavy (non-hydrogen) atoms. The molecule has 6 rings (SSSR count). The number of amides is 1. The highest BCUT2D eigenvalue weighted by atomic mass is 16.6. The van der Waals surface area contributed by atoms with Crippen LogP contribution in [0.1, 0.15) is 38.5 Å². The molecule has 2 aromatic carbocycles. The van der Waals surface area contributed by atoms with E-state index < -0.39 is 21.8 Å². The number of fused-ring (bicyclic) bond motifs is 1.